The number of likely N-dealkylation sites (tertiary alicyclic amines) is 1. The Morgan fingerprint density at radius 2 is 1.72 bits per heavy atom. The van der Waals surface area contributed by atoms with Crippen molar-refractivity contribution in [1.29, 1.82) is 0 Å². The van der Waals surface area contributed by atoms with E-state index in [-0.39, 0.29) is 5.78 Å². The predicted octanol–water partition coefficient (Wildman–Crippen LogP) is 3.44. The molecule has 1 heterocycles. The first kappa shape index (κ1) is 13.3. The summed E-state index contributed by atoms with van der Waals surface area (Å²) in [7, 11) is 0. The minimum Gasteiger partial charge on any atom is -0.293 e. The van der Waals surface area contributed by atoms with Gasteiger partial charge in [0.2, 0.25) is 0 Å². The van der Waals surface area contributed by atoms with Gasteiger partial charge in [-0.2, -0.15) is 0 Å². The van der Waals surface area contributed by atoms with Gasteiger partial charge in [-0.25, -0.2) is 0 Å². The van der Waals surface area contributed by atoms with Crippen LogP contribution in [0.4, 0.5) is 0 Å². The number of Topliss-reactive ketones (excluding diaryl/α,β-unsaturated/α-hetero) is 1. The molecule has 2 atom stereocenters. The monoisotopic (exact) mass is 245 g/mol. The summed E-state index contributed by atoms with van der Waals surface area (Å²) in [4.78, 5) is 14.6. The number of carbonyl (C=O) groups excluding carboxylic acids is 1. The molecule has 0 aromatic heterocycles. The lowest BCUT2D eigenvalue weighted by atomic mass is 9.96. The maximum atomic E-state index is 12.3. The Morgan fingerprint density at radius 3 is 2.28 bits per heavy atom. The van der Waals surface area contributed by atoms with Gasteiger partial charge < -0.3 is 0 Å². The van der Waals surface area contributed by atoms with Gasteiger partial charge in [0, 0.05) is 17.6 Å². The molecule has 1 aliphatic heterocycles. The molecule has 98 valence electrons. The Hall–Kier alpha value is -1.15. The van der Waals surface area contributed by atoms with Crippen molar-refractivity contribution in [3.63, 3.8) is 0 Å². The Labute approximate surface area is 110 Å². The average Bonchev–Trinajstić information content (AvgIpc) is 2.34. The third-order valence-electron chi connectivity index (χ3n) is 4.08. The summed E-state index contributed by atoms with van der Waals surface area (Å²) in [6, 6.07) is 8.96. The van der Waals surface area contributed by atoms with Crippen molar-refractivity contribution in [3.05, 3.63) is 35.4 Å². The first-order chi connectivity index (χ1) is 8.58. The van der Waals surface area contributed by atoms with Crippen LogP contribution in [-0.4, -0.2) is 29.3 Å². The smallest absolute Gasteiger partial charge is 0.176 e. The first-order valence-corrected chi connectivity index (χ1v) is 6.93. The average molecular weight is 245 g/mol. The molecule has 0 radical (unpaired) electrons. The molecule has 0 amide bonds. The van der Waals surface area contributed by atoms with E-state index in [4.69, 9.17) is 0 Å². The third-order valence-corrected chi connectivity index (χ3v) is 4.08. The van der Waals surface area contributed by atoms with E-state index in [9.17, 15) is 4.79 Å². The van der Waals surface area contributed by atoms with E-state index in [0.29, 0.717) is 18.6 Å². The van der Waals surface area contributed by atoms with Crippen molar-refractivity contribution in [2.75, 3.05) is 6.54 Å². The van der Waals surface area contributed by atoms with Gasteiger partial charge >= 0.3 is 0 Å². The summed E-state index contributed by atoms with van der Waals surface area (Å²) < 4.78 is 0. The molecule has 0 aliphatic carbocycles. The van der Waals surface area contributed by atoms with Crippen LogP contribution >= 0.6 is 0 Å². The highest BCUT2D eigenvalue weighted by atomic mass is 16.1. The number of piperidine rings is 1. The third kappa shape index (κ3) is 2.99. The van der Waals surface area contributed by atoms with Crippen molar-refractivity contribution >= 4 is 5.78 Å². The van der Waals surface area contributed by atoms with Crippen molar-refractivity contribution in [2.45, 2.75) is 52.1 Å². The fourth-order valence-electron chi connectivity index (χ4n) is 2.78. The Morgan fingerprint density at radius 1 is 1.17 bits per heavy atom. The second-order valence-corrected chi connectivity index (χ2v) is 5.59. The quantitative estimate of drug-likeness (QED) is 0.760. The zero-order chi connectivity index (χ0) is 13.1. The molecular formula is C16H23NO. The number of ketones is 1. The van der Waals surface area contributed by atoms with Gasteiger partial charge in [0.15, 0.2) is 5.78 Å². The van der Waals surface area contributed by atoms with Crippen LogP contribution in [0.25, 0.3) is 0 Å². The predicted molar refractivity (Wildman–Crippen MR) is 75.0 cm³/mol. The summed E-state index contributed by atoms with van der Waals surface area (Å²) in [5, 5.41) is 0. The maximum Gasteiger partial charge on any atom is 0.176 e. The van der Waals surface area contributed by atoms with Crippen molar-refractivity contribution in [1.82, 2.24) is 4.90 Å². The molecular weight excluding hydrogens is 222 g/mol. The van der Waals surface area contributed by atoms with E-state index in [2.05, 4.69) is 18.7 Å². The maximum absolute atomic E-state index is 12.3. The number of hydrogen-bond acceptors (Lipinski definition) is 2. The van der Waals surface area contributed by atoms with E-state index in [1.165, 1.54) is 24.8 Å². The number of carbonyl (C=O) groups is 1. The molecule has 2 rings (SSSR count). The first-order valence-electron chi connectivity index (χ1n) is 6.93. The molecule has 0 saturated carbocycles. The van der Waals surface area contributed by atoms with E-state index < -0.39 is 0 Å². The lowest BCUT2D eigenvalue weighted by Gasteiger charge is -2.38. The van der Waals surface area contributed by atoms with Crippen LogP contribution in [0.1, 0.15) is 49.0 Å². The Kier molecular flexibility index (Phi) is 4.18. The van der Waals surface area contributed by atoms with Gasteiger partial charge in [-0.3, -0.25) is 9.69 Å². The van der Waals surface area contributed by atoms with Crippen molar-refractivity contribution < 1.29 is 4.79 Å². The molecule has 1 fully saturated rings. The van der Waals surface area contributed by atoms with Gasteiger partial charge in [-0.05, 0) is 33.6 Å². The van der Waals surface area contributed by atoms with Crippen LogP contribution in [0.2, 0.25) is 0 Å². The molecule has 1 aliphatic rings. The fourth-order valence-corrected chi connectivity index (χ4v) is 2.78. The molecule has 0 spiro atoms. The van der Waals surface area contributed by atoms with Crippen LogP contribution in [0.15, 0.2) is 24.3 Å². The number of hydrogen-bond donors (Lipinski definition) is 0. The van der Waals surface area contributed by atoms with Crippen molar-refractivity contribution in [3.8, 4) is 0 Å². The molecule has 2 heteroatoms. The van der Waals surface area contributed by atoms with Gasteiger partial charge in [-0.1, -0.05) is 36.2 Å². The molecule has 1 saturated heterocycles. The van der Waals surface area contributed by atoms with E-state index in [1.54, 1.807) is 0 Å². The molecule has 1 aromatic carbocycles. The van der Waals surface area contributed by atoms with Gasteiger partial charge in [-0.15, -0.1) is 0 Å². The summed E-state index contributed by atoms with van der Waals surface area (Å²) in [6.45, 7) is 7.07. The molecule has 2 unspecified atom stereocenters. The molecule has 0 bridgehead atoms. The van der Waals surface area contributed by atoms with E-state index >= 15 is 0 Å². The lowest BCUT2D eigenvalue weighted by Crippen LogP contribution is -2.46. The lowest BCUT2D eigenvalue weighted by molar-refractivity contribution is 0.0734. The highest BCUT2D eigenvalue weighted by Crippen LogP contribution is 2.22. The van der Waals surface area contributed by atoms with Crippen molar-refractivity contribution in [2.24, 2.45) is 0 Å². The minimum absolute atomic E-state index is 0.246. The normalized spacial score (nSPS) is 25.1. The summed E-state index contributed by atoms with van der Waals surface area (Å²) in [5.41, 5.74) is 2.04. The second-order valence-electron chi connectivity index (χ2n) is 5.59. The fraction of sp³-hybridized carbons (Fsp3) is 0.562. The molecule has 1 aromatic rings. The van der Waals surface area contributed by atoms with E-state index in [0.717, 1.165) is 5.56 Å². The largest absolute Gasteiger partial charge is 0.293 e. The zero-order valence-corrected chi connectivity index (χ0v) is 11.6. The van der Waals surface area contributed by atoms with E-state index in [1.807, 2.05) is 31.2 Å². The van der Waals surface area contributed by atoms with Crippen LogP contribution < -0.4 is 0 Å². The zero-order valence-electron chi connectivity index (χ0n) is 11.6. The summed E-state index contributed by atoms with van der Waals surface area (Å²) in [6.07, 6.45) is 3.72. The van der Waals surface area contributed by atoms with Crippen LogP contribution in [-0.2, 0) is 0 Å². The molecule has 2 nitrogen and oxygen atoms in total. The molecule has 18 heavy (non-hydrogen) atoms. The molecule has 0 N–H and O–H groups in total. The number of rotatable bonds is 3. The standard InChI is InChI=1S/C16H23NO/c1-12-7-9-15(10-8-12)16(18)11-17-13(2)5-4-6-14(17)3/h7-10,13-14H,4-6,11H2,1-3H3. The number of aryl methyl sites for hydroxylation is 1. The number of benzene rings is 1. The highest BCUT2D eigenvalue weighted by Gasteiger charge is 2.26. The van der Waals surface area contributed by atoms with Crippen LogP contribution in [0.3, 0.4) is 0 Å². The van der Waals surface area contributed by atoms with Crippen LogP contribution in [0.5, 0.6) is 0 Å². The topological polar surface area (TPSA) is 20.3 Å². The summed E-state index contributed by atoms with van der Waals surface area (Å²) in [5.74, 6) is 0.246. The second kappa shape index (κ2) is 5.66. The SMILES string of the molecule is Cc1ccc(C(=O)CN2C(C)CCCC2C)cc1. The Bertz CT molecular complexity index is 400. The summed E-state index contributed by atoms with van der Waals surface area (Å²) >= 11 is 0. The Balaban J connectivity index is 2.04. The highest BCUT2D eigenvalue weighted by molar-refractivity contribution is 5.97. The van der Waals surface area contributed by atoms with Gasteiger partial charge in [0.25, 0.3) is 0 Å². The number of nitrogens with zero attached hydrogens (tertiary/aromatic N) is 1. The van der Waals surface area contributed by atoms with Gasteiger partial charge in [0.05, 0.1) is 6.54 Å². The van der Waals surface area contributed by atoms with Crippen LogP contribution in [0, 0.1) is 6.92 Å². The van der Waals surface area contributed by atoms with Gasteiger partial charge in [0.1, 0.15) is 0 Å². The minimum atomic E-state index is 0.246.